The Hall–Kier alpha value is -0.478. The van der Waals surface area contributed by atoms with Crippen LogP contribution in [0.5, 0.6) is 0 Å². The van der Waals surface area contributed by atoms with E-state index in [9.17, 15) is 9.59 Å². The summed E-state index contributed by atoms with van der Waals surface area (Å²) in [6.45, 7) is 1.72. The first kappa shape index (κ1) is 16.5. The second-order valence-electron chi connectivity index (χ2n) is 3.97. The Morgan fingerprint density at radius 1 is 0.882 bits per heavy atom. The Kier molecular flexibility index (Phi) is 8.35. The third-order valence-corrected chi connectivity index (χ3v) is 2.72. The molecular weight excluding hydrogens is 319 g/mol. The smallest absolute Gasteiger partial charge is 0.320 e. The first-order chi connectivity index (χ1) is 7.61. The fourth-order valence-electron chi connectivity index (χ4n) is 1.79. The van der Waals surface area contributed by atoms with E-state index < -0.39 is 11.9 Å². The third kappa shape index (κ3) is 6.13. The van der Waals surface area contributed by atoms with Gasteiger partial charge in [0, 0.05) is 20.4 Å². The van der Waals surface area contributed by atoms with Crippen LogP contribution < -0.4 is 10.6 Å². The van der Waals surface area contributed by atoms with Crippen LogP contribution in [0, 0.1) is 0 Å². The molecule has 2 saturated heterocycles. The van der Waals surface area contributed by atoms with Crippen molar-refractivity contribution in [2.75, 3.05) is 13.1 Å². The number of aliphatic carboxylic acids is 2. The van der Waals surface area contributed by atoms with E-state index >= 15 is 0 Å². The van der Waals surface area contributed by atoms with Crippen LogP contribution in [-0.4, -0.2) is 47.3 Å². The van der Waals surface area contributed by atoms with Gasteiger partial charge in [0.1, 0.15) is 12.1 Å². The number of carbonyl (C=O) groups is 2. The van der Waals surface area contributed by atoms with Crippen molar-refractivity contribution in [3.63, 3.8) is 0 Å². The quantitative estimate of drug-likeness (QED) is 0.514. The van der Waals surface area contributed by atoms with E-state index in [0.717, 1.165) is 38.8 Å². The van der Waals surface area contributed by atoms with Gasteiger partial charge in [0.05, 0.1) is 0 Å². The van der Waals surface area contributed by atoms with Crippen molar-refractivity contribution in [2.24, 2.45) is 0 Å². The van der Waals surface area contributed by atoms with Crippen LogP contribution in [0.15, 0.2) is 0 Å². The summed E-state index contributed by atoms with van der Waals surface area (Å²) in [6.07, 6.45) is 3.57. The molecule has 0 aromatic heterocycles. The molecule has 2 heterocycles. The summed E-state index contributed by atoms with van der Waals surface area (Å²) in [5.41, 5.74) is 0. The molecule has 6 nitrogen and oxygen atoms in total. The van der Waals surface area contributed by atoms with Gasteiger partial charge in [-0.1, -0.05) is 0 Å². The Morgan fingerprint density at radius 3 is 1.35 bits per heavy atom. The molecule has 0 spiro atoms. The van der Waals surface area contributed by atoms with Crippen LogP contribution in [0.1, 0.15) is 25.7 Å². The van der Waals surface area contributed by atoms with Gasteiger partial charge in [0.2, 0.25) is 0 Å². The molecule has 2 atom stereocenters. The molecule has 17 heavy (non-hydrogen) atoms. The second-order valence-corrected chi connectivity index (χ2v) is 3.97. The van der Waals surface area contributed by atoms with Crippen molar-refractivity contribution in [2.45, 2.75) is 37.8 Å². The maximum absolute atomic E-state index is 10.1. The zero-order chi connectivity index (χ0) is 12.0. The predicted octanol–water partition coefficient (Wildman–Crippen LogP) is -0.356. The standard InChI is InChI=1S/2C5H9NO2.Pd/c2*7-5(8)4-2-1-3-6-4;/h2*4,6H,1-3H2,(H,7,8);/t2*4-;/m00./s1. The van der Waals surface area contributed by atoms with E-state index in [4.69, 9.17) is 10.2 Å². The Bertz CT molecular complexity index is 225. The van der Waals surface area contributed by atoms with Crippen molar-refractivity contribution in [1.29, 1.82) is 0 Å². The van der Waals surface area contributed by atoms with Crippen molar-refractivity contribution < 1.29 is 40.2 Å². The van der Waals surface area contributed by atoms with Crippen molar-refractivity contribution in [3.8, 4) is 0 Å². The number of hydrogen-bond acceptors (Lipinski definition) is 4. The molecule has 102 valence electrons. The van der Waals surface area contributed by atoms with Crippen molar-refractivity contribution in [1.82, 2.24) is 10.6 Å². The van der Waals surface area contributed by atoms with Crippen LogP contribution in [0.2, 0.25) is 0 Å². The Labute approximate surface area is 114 Å². The number of hydrogen-bond donors (Lipinski definition) is 4. The molecule has 0 saturated carbocycles. The summed E-state index contributed by atoms with van der Waals surface area (Å²) in [4.78, 5) is 20.3. The van der Waals surface area contributed by atoms with Gasteiger partial charge in [0.15, 0.2) is 0 Å². The number of carboxylic acid groups (broad SMARTS) is 2. The molecule has 0 aromatic carbocycles. The summed E-state index contributed by atoms with van der Waals surface area (Å²) >= 11 is 0. The summed E-state index contributed by atoms with van der Waals surface area (Å²) in [6, 6.07) is -0.537. The van der Waals surface area contributed by atoms with Gasteiger partial charge in [-0.25, -0.2) is 0 Å². The minimum Gasteiger partial charge on any atom is -0.480 e. The van der Waals surface area contributed by atoms with Gasteiger partial charge in [-0.05, 0) is 38.8 Å². The predicted molar refractivity (Wildman–Crippen MR) is 57.3 cm³/mol. The Balaban J connectivity index is 0.000000284. The van der Waals surface area contributed by atoms with Gasteiger partial charge in [-0.2, -0.15) is 0 Å². The molecule has 0 bridgehead atoms. The number of rotatable bonds is 2. The molecule has 0 radical (unpaired) electrons. The molecule has 0 aromatic rings. The monoisotopic (exact) mass is 336 g/mol. The average Bonchev–Trinajstić information content (AvgIpc) is 2.93. The summed E-state index contributed by atoms with van der Waals surface area (Å²) < 4.78 is 0. The van der Waals surface area contributed by atoms with Gasteiger partial charge >= 0.3 is 11.9 Å². The zero-order valence-electron chi connectivity index (χ0n) is 9.42. The number of carboxylic acids is 2. The van der Waals surface area contributed by atoms with Gasteiger partial charge < -0.3 is 20.8 Å². The first-order valence-corrected chi connectivity index (χ1v) is 5.53. The molecule has 0 unspecified atom stereocenters. The molecule has 7 heteroatoms. The minimum absolute atomic E-state index is 0. The van der Waals surface area contributed by atoms with Crippen LogP contribution in [0.25, 0.3) is 0 Å². The molecule has 2 fully saturated rings. The van der Waals surface area contributed by atoms with Crippen molar-refractivity contribution in [3.05, 3.63) is 0 Å². The van der Waals surface area contributed by atoms with Crippen LogP contribution >= 0.6 is 0 Å². The molecular formula is C10H18N2O4Pd. The van der Waals surface area contributed by atoms with Crippen LogP contribution in [0.3, 0.4) is 0 Å². The van der Waals surface area contributed by atoms with E-state index in [0.29, 0.717) is 0 Å². The molecule has 2 rings (SSSR count). The van der Waals surface area contributed by atoms with Crippen molar-refractivity contribution >= 4 is 11.9 Å². The van der Waals surface area contributed by atoms with Gasteiger partial charge in [0.25, 0.3) is 0 Å². The van der Waals surface area contributed by atoms with E-state index in [2.05, 4.69) is 10.6 Å². The van der Waals surface area contributed by atoms with E-state index in [1.807, 2.05) is 0 Å². The largest absolute Gasteiger partial charge is 0.480 e. The minimum atomic E-state index is -0.720. The fraction of sp³-hybridized carbons (Fsp3) is 0.800. The van der Waals surface area contributed by atoms with Crippen LogP contribution in [-0.2, 0) is 30.0 Å². The number of nitrogens with one attached hydrogen (secondary N) is 2. The second kappa shape index (κ2) is 8.59. The molecule has 0 aliphatic carbocycles. The topological polar surface area (TPSA) is 98.7 Å². The van der Waals surface area contributed by atoms with Gasteiger partial charge in [-0.15, -0.1) is 0 Å². The molecule has 4 N–H and O–H groups in total. The Morgan fingerprint density at radius 2 is 1.24 bits per heavy atom. The SMILES string of the molecule is O=C(O)[C@@H]1CCCN1.O=C(O)[C@@H]1CCCN1.[Pd]. The summed E-state index contributed by atoms with van der Waals surface area (Å²) in [7, 11) is 0. The molecule has 2 aliphatic heterocycles. The molecule has 2 aliphatic rings. The van der Waals surface area contributed by atoms with E-state index in [-0.39, 0.29) is 32.5 Å². The summed E-state index contributed by atoms with van der Waals surface area (Å²) in [5.74, 6) is -1.44. The zero-order valence-corrected chi connectivity index (χ0v) is 11.0. The van der Waals surface area contributed by atoms with E-state index in [1.165, 1.54) is 0 Å². The fourth-order valence-corrected chi connectivity index (χ4v) is 1.79. The van der Waals surface area contributed by atoms with Crippen LogP contribution in [0.4, 0.5) is 0 Å². The average molecular weight is 337 g/mol. The van der Waals surface area contributed by atoms with E-state index in [1.54, 1.807) is 0 Å². The molecule has 0 amide bonds. The normalized spacial score (nSPS) is 26.6. The first-order valence-electron chi connectivity index (χ1n) is 5.53. The van der Waals surface area contributed by atoms with Gasteiger partial charge in [-0.3, -0.25) is 9.59 Å². The maximum atomic E-state index is 10.1. The maximum Gasteiger partial charge on any atom is 0.320 e. The third-order valence-electron chi connectivity index (χ3n) is 2.72. The summed E-state index contributed by atoms with van der Waals surface area (Å²) in [5, 5.41) is 22.4.